The first-order chi connectivity index (χ1) is 8.24. The summed E-state index contributed by atoms with van der Waals surface area (Å²) in [6.07, 6.45) is 0.743. The highest BCUT2D eigenvalue weighted by Crippen LogP contribution is 2.24. The van der Waals surface area contributed by atoms with E-state index in [0.29, 0.717) is 23.8 Å². The molecule has 5 heteroatoms. The quantitative estimate of drug-likeness (QED) is 0.575. The molecule has 1 amide bonds. The van der Waals surface area contributed by atoms with E-state index in [2.05, 4.69) is 10.3 Å². The van der Waals surface area contributed by atoms with E-state index in [4.69, 9.17) is 17.3 Å². The number of hydrogen-bond donors (Lipinski definition) is 3. The van der Waals surface area contributed by atoms with Crippen molar-refractivity contribution >= 4 is 34.1 Å². The number of carbonyl (C=O) groups is 1. The number of benzene rings is 1. The van der Waals surface area contributed by atoms with Gasteiger partial charge in [-0.2, -0.15) is 0 Å². The van der Waals surface area contributed by atoms with E-state index in [0.717, 1.165) is 17.3 Å². The number of nitrogens with one attached hydrogen (secondary N) is 2. The number of alkyl halides is 1. The summed E-state index contributed by atoms with van der Waals surface area (Å²) >= 11 is 5.54. The third-order valence-electron chi connectivity index (χ3n) is 2.57. The lowest BCUT2D eigenvalue weighted by atomic mass is 10.2. The molecule has 0 aliphatic rings. The van der Waals surface area contributed by atoms with Crippen LogP contribution in [0.15, 0.2) is 24.3 Å². The maximum absolute atomic E-state index is 11.8. The molecule has 0 spiro atoms. The van der Waals surface area contributed by atoms with Crippen LogP contribution in [0.1, 0.15) is 16.9 Å². The molecule has 2 rings (SSSR count). The van der Waals surface area contributed by atoms with Gasteiger partial charge in [0.25, 0.3) is 5.91 Å². The molecular weight excluding hydrogens is 238 g/mol. The highest BCUT2D eigenvalue weighted by Gasteiger charge is 2.14. The summed E-state index contributed by atoms with van der Waals surface area (Å²) in [6.45, 7) is 0.553. The van der Waals surface area contributed by atoms with Gasteiger partial charge in [-0.15, -0.1) is 11.6 Å². The molecule has 0 bridgehead atoms. The smallest absolute Gasteiger partial charge is 0.269 e. The van der Waals surface area contributed by atoms with Crippen LogP contribution in [-0.4, -0.2) is 23.3 Å². The first-order valence-corrected chi connectivity index (χ1v) is 5.98. The van der Waals surface area contributed by atoms with Gasteiger partial charge in [0.1, 0.15) is 5.69 Å². The fourth-order valence-electron chi connectivity index (χ4n) is 1.70. The highest BCUT2D eigenvalue weighted by atomic mass is 35.5. The second-order valence-electron chi connectivity index (χ2n) is 3.76. The zero-order valence-corrected chi connectivity index (χ0v) is 10.1. The van der Waals surface area contributed by atoms with E-state index in [-0.39, 0.29) is 5.91 Å². The van der Waals surface area contributed by atoms with Gasteiger partial charge < -0.3 is 16.0 Å². The van der Waals surface area contributed by atoms with Crippen molar-refractivity contribution in [2.24, 2.45) is 0 Å². The molecule has 0 aliphatic carbocycles. The fraction of sp³-hybridized carbons (Fsp3) is 0.250. The zero-order valence-electron chi connectivity index (χ0n) is 9.29. The monoisotopic (exact) mass is 251 g/mol. The lowest BCUT2D eigenvalue weighted by molar-refractivity contribution is 0.0950. The zero-order chi connectivity index (χ0) is 12.3. The van der Waals surface area contributed by atoms with Crippen molar-refractivity contribution < 1.29 is 4.79 Å². The van der Waals surface area contributed by atoms with Gasteiger partial charge in [-0.3, -0.25) is 4.79 Å². The van der Waals surface area contributed by atoms with Gasteiger partial charge in [0, 0.05) is 23.3 Å². The predicted molar refractivity (Wildman–Crippen MR) is 70.4 cm³/mol. The first-order valence-electron chi connectivity index (χ1n) is 5.44. The molecule has 0 aliphatic heterocycles. The van der Waals surface area contributed by atoms with Gasteiger partial charge in [-0.25, -0.2) is 0 Å². The van der Waals surface area contributed by atoms with Crippen molar-refractivity contribution in [3.05, 3.63) is 30.0 Å². The Morgan fingerprint density at radius 3 is 2.88 bits per heavy atom. The molecule has 0 saturated heterocycles. The second kappa shape index (κ2) is 5.10. The van der Waals surface area contributed by atoms with Crippen LogP contribution in [0.25, 0.3) is 10.9 Å². The number of halogens is 1. The number of H-pyrrole nitrogens is 1. The van der Waals surface area contributed by atoms with Crippen molar-refractivity contribution in [2.45, 2.75) is 6.42 Å². The van der Waals surface area contributed by atoms with Crippen molar-refractivity contribution in [2.75, 3.05) is 18.2 Å². The minimum absolute atomic E-state index is 0.191. The van der Waals surface area contributed by atoms with Crippen LogP contribution in [0.5, 0.6) is 0 Å². The Labute approximate surface area is 104 Å². The number of para-hydroxylation sites is 1. The van der Waals surface area contributed by atoms with Crippen molar-refractivity contribution in [1.82, 2.24) is 10.3 Å². The van der Waals surface area contributed by atoms with E-state index in [1.54, 1.807) is 0 Å². The van der Waals surface area contributed by atoms with Crippen LogP contribution in [-0.2, 0) is 0 Å². The molecule has 0 unspecified atom stereocenters. The third-order valence-corrected chi connectivity index (χ3v) is 2.84. The van der Waals surface area contributed by atoms with Crippen LogP contribution in [0.4, 0.5) is 5.69 Å². The molecule has 2 aromatic rings. The van der Waals surface area contributed by atoms with Crippen LogP contribution < -0.4 is 11.1 Å². The number of fused-ring (bicyclic) bond motifs is 1. The maximum Gasteiger partial charge on any atom is 0.269 e. The molecule has 1 heterocycles. The number of nitrogen functional groups attached to an aromatic ring is 1. The third kappa shape index (κ3) is 2.36. The van der Waals surface area contributed by atoms with Gasteiger partial charge in [0.2, 0.25) is 0 Å². The molecule has 0 saturated carbocycles. The molecule has 90 valence electrons. The Bertz CT molecular complexity index is 536. The minimum atomic E-state index is -0.191. The van der Waals surface area contributed by atoms with Gasteiger partial charge in [0.15, 0.2) is 0 Å². The fourth-order valence-corrected chi connectivity index (χ4v) is 1.83. The molecule has 0 fully saturated rings. The van der Waals surface area contributed by atoms with Gasteiger partial charge in [-0.1, -0.05) is 18.2 Å². The van der Waals surface area contributed by atoms with Crippen LogP contribution in [0, 0.1) is 0 Å². The summed E-state index contributed by atoms with van der Waals surface area (Å²) < 4.78 is 0. The number of carbonyl (C=O) groups excluding carboxylic acids is 1. The number of hydrogen-bond acceptors (Lipinski definition) is 2. The molecule has 4 nitrogen and oxygen atoms in total. The van der Waals surface area contributed by atoms with Gasteiger partial charge in [0.05, 0.1) is 5.69 Å². The van der Waals surface area contributed by atoms with Gasteiger partial charge in [-0.05, 0) is 12.5 Å². The molecular formula is C12H14ClN3O. The van der Waals surface area contributed by atoms with Crippen molar-refractivity contribution in [1.29, 1.82) is 0 Å². The summed E-state index contributed by atoms with van der Waals surface area (Å²) in [7, 11) is 0. The van der Waals surface area contributed by atoms with E-state index in [1.165, 1.54) is 0 Å². The van der Waals surface area contributed by atoms with Crippen LogP contribution in [0.3, 0.4) is 0 Å². The molecule has 0 radical (unpaired) electrons. The van der Waals surface area contributed by atoms with E-state index in [9.17, 15) is 4.79 Å². The normalized spacial score (nSPS) is 10.6. The number of anilines is 1. The molecule has 1 aromatic heterocycles. The van der Waals surface area contributed by atoms with E-state index in [1.807, 2.05) is 24.3 Å². The minimum Gasteiger partial charge on any atom is -0.396 e. The number of rotatable bonds is 4. The van der Waals surface area contributed by atoms with Crippen LogP contribution in [0.2, 0.25) is 0 Å². The first kappa shape index (κ1) is 11.8. The Morgan fingerprint density at radius 1 is 1.41 bits per heavy atom. The maximum atomic E-state index is 11.8. The SMILES string of the molecule is Nc1c(C(=O)NCCCCl)[nH]c2ccccc12. The average Bonchev–Trinajstić information content (AvgIpc) is 2.68. The summed E-state index contributed by atoms with van der Waals surface area (Å²) in [5, 5.41) is 3.64. The average molecular weight is 252 g/mol. The Kier molecular flexibility index (Phi) is 3.54. The summed E-state index contributed by atoms with van der Waals surface area (Å²) in [5.74, 6) is 0.339. The van der Waals surface area contributed by atoms with Crippen LogP contribution >= 0.6 is 11.6 Å². The number of amides is 1. The standard InChI is InChI=1S/C12H14ClN3O/c13-6-3-7-15-12(17)11-10(14)8-4-1-2-5-9(8)16-11/h1-2,4-5,16H,3,6-7,14H2,(H,15,17). The van der Waals surface area contributed by atoms with E-state index >= 15 is 0 Å². The molecule has 1 aromatic carbocycles. The van der Waals surface area contributed by atoms with Gasteiger partial charge >= 0.3 is 0 Å². The Balaban J connectivity index is 2.23. The van der Waals surface area contributed by atoms with Crippen molar-refractivity contribution in [3.63, 3.8) is 0 Å². The summed E-state index contributed by atoms with van der Waals surface area (Å²) in [6, 6.07) is 7.56. The number of aromatic amines is 1. The summed E-state index contributed by atoms with van der Waals surface area (Å²) in [5.41, 5.74) is 7.70. The highest BCUT2D eigenvalue weighted by molar-refractivity contribution is 6.17. The predicted octanol–water partition coefficient (Wildman–Crippen LogP) is 2.11. The Morgan fingerprint density at radius 2 is 2.18 bits per heavy atom. The van der Waals surface area contributed by atoms with E-state index < -0.39 is 0 Å². The van der Waals surface area contributed by atoms with Crippen molar-refractivity contribution in [3.8, 4) is 0 Å². The Hall–Kier alpha value is -1.68. The second-order valence-corrected chi connectivity index (χ2v) is 4.14. The largest absolute Gasteiger partial charge is 0.396 e. The lowest BCUT2D eigenvalue weighted by Crippen LogP contribution is -2.25. The topological polar surface area (TPSA) is 70.9 Å². The number of aromatic nitrogens is 1. The summed E-state index contributed by atoms with van der Waals surface area (Å²) in [4.78, 5) is 14.9. The molecule has 0 atom stereocenters. The molecule has 17 heavy (non-hydrogen) atoms. The lowest BCUT2D eigenvalue weighted by Gasteiger charge is -2.02. The molecule has 4 N–H and O–H groups in total. The number of nitrogens with two attached hydrogens (primary N) is 1.